The maximum Gasteiger partial charge on any atom is 0.337 e. The highest BCUT2D eigenvalue weighted by Crippen LogP contribution is 2.30. The molecule has 1 heterocycles. The smallest absolute Gasteiger partial charge is 0.337 e. The SMILES string of the molecule is COC(=O)c1cccc(Nc2nc(-c3ccc(Cl)c(Cl)c3)nc3ccccc23)c1. The van der Waals surface area contributed by atoms with Gasteiger partial charge in [-0.25, -0.2) is 14.8 Å². The molecule has 0 spiro atoms. The number of halogens is 2. The molecule has 0 aliphatic heterocycles. The second kappa shape index (κ2) is 8.07. The number of nitrogens with zero attached hydrogens (tertiary/aromatic N) is 2. The number of hydrogen-bond donors (Lipinski definition) is 1. The highest BCUT2D eigenvalue weighted by atomic mass is 35.5. The summed E-state index contributed by atoms with van der Waals surface area (Å²) in [5.41, 5.74) is 2.67. The summed E-state index contributed by atoms with van der Waals surface area (Å²) >= 11 is 12.2. The summed E-state index contributed by atoms with van der Waals surface area (Å²) in [5, 5.41) is 5.03. The van der Waals surface area contributed by atoms with Crippen molar-refractivity contribution in [2.45, 2.75) is 0 Å². The lowest BCUT2D eigenvalue weighted by Crippen LogP contribution is -2.03. The number of aromatic nitrogens is 2. The lowest BCUT2D eigenvalue weighted by molar-refractivity contribution is 0.0601. The van der Waals surface area contributed by atoms with Crippen LogP contribution in [0.1, 0.15) is 10.4 Å². The summed E-state index contributed by atoms with van der Waals surface area (Å²) in [6.07, 6.45) is 0. The zero-order valence-electron chi connectivity index (χ0n) is 15.3. The Labute approximate surface area is 177 Å². The summed E-state index contributed by atoms with van der Waals surface area (Å²) in [7, 11) is 1.35. The minimum absolute atomic E-state index is 0.405. The summed E-state index contributed by atoms with van der Waals surface area (Å²) in [6.45, 7) is 0. The number of ether oxygens (including phenoxy) is 1. The molecule has 7 heteroatoms. The predicted octanol–water partition coefficient (Wildman–Crippen LogP) is 6.13. The lowest BCUT2D eigenvalue weighted by Gasteiger charge is -2.12. The first kappa shape index (κ1) is 19.2. The van der Waals surface area contributed by atoms with E-state index in [0.717, 1.165) is 16.5 Å². The Balaban J connectivity index is 1.81. The van der Waals surface area contributed by atoms with Crippen LogP contribution in [0.15, 0.2) is 66.7 Å². The molecule has 5 nitrogen and oxygen atoms in total. The van der Waals surface area contributed by atoms with Crippen molar-refractivity contribution in [1.29, 1.82) is 0 Å². The van der Waals surface area contributed by atoms with Crippen LogP contribution in [0.3, 0.4) is 0 Å². The second-order valence-electron chi connectivity index (χ2n) is 6.24. The highest BCUT2D eigenvalue weighted by Gasteiger charge is 2.12. The molecule has 0 fully saturated rings. The van der Waals surface area contributed by atoms with Crippen LogP contribution in [0.2, 0.25) is 10.0 Å². The molecule has 0 amide bonds. The third-order valence-electron chi connectivity index (χ3n) is 4.33. The zero-order chi connectivity index (χ0) is 20.4. The van der Waals surface area contributed by atoms with E-state index in [9.17, 15) is 4.79 Å². The van der Waals surface area contributed by atoms with Gasteiger partial charge < -0.3 is 10.1 Å². The topological polar surface area (TPSA) is 64.1 Å². The zero-order valence-corrected chi connectivity index (χ0v) is 16.8. The number of nitrogens with one attached hydrogen (secondary N) is 1. The number of methoxy groups -OCH3 is 1. The molecule has 0 unspecified atom stereocenters. The Hall–Kier alpha value is -3.15. The van der Waals surface area contributed by atoms with Crippen LogP contribution in [-0.2, 0) is 4.74 Å². The van der Waals surface area contributed by atoms with Gasteiger partial charge in [0.2, 0.25) is 0 Å². The number of anilines is 2. The van der Waals surface area contributed by atoms with Crippen LogP contribution in [0.25, 0.3) is 22.3 Å². The molecular formula is C22H15Cl2N3O2. The van der Waals surface area contributed by atoms with E-state index in [-0.39, 0.29) is 0 Å². The molecule has 4 rings (SSSR count). The molecule has 1 N–H and O–H groups in total. The van der Waals surface area contributed by atoms with Crippen molar-refractivity contribution in [3.63, 3.8) is 0 Å². The van der Waals surface area contributed by atoms with Crippen molar-refractivity contribution in [3.05, 3.63) is 82.3 Å². The maximum atomic E-state index is 11.8. The van der Waals surface area contributed by atoms with Crippen molar-refractivity contribution >= 4 is 51.6 Å². The van der Waals surface area contributed by atoms with E-state index in [1.807, 2.05) is 36.4 Å². The number of esters is 1. The fraction of sp³-hybridized carbons (Fsp3) is 0.0455. The molecule has 0 aliphatic carbocycles. The van der Waals surface area contributed by atoms with E-state index in [1.54, 1.807) is 30.3 Å². The van der Waals surface area contributed by atoms with Crippen molar-refractivity contribution in [3.8, 4) is 11.4 Å². The highest BCUT2D eigenvalue weighted by molar-refractivity contribution is 6.42. The Morgan fingerprint density at radius 1 is 0.931 bits per heavy atom. The number of rotatable bonds is 4. The molecular weight excluding hydrogens is 409 g/mol. The molecule has 0 atom stereocenters. The van der Waals surface area contributed by atoms with Crippen LogP contribution in [0.4, 0.5) is 11.5 Å². The molecule has 4 aromatic rings. The average molecular weight is 424 g/mol. The number of hydrogen-bond acceptors (Lipinski definition) is 5. The lowest BCUT2D eigenvalue weighted by atomic mass is 10.1. The third kappa shape index (κ3) is 4.01. The van der Waals surface area contributed by atoms with Gasteiger partial charge in [-0.05, 0) is 48.5 Å². The Kier molecular flexibility index (Phi) is 5.34. The van der Waals surface area contributed by atoms with Gasteiger partial charge in [0.25, 0.3) is 0 Å². The summed E-state index contributed by atoms with van der Waals surface area (Å²) < 4.78 is 4.79. The normalized spacial score (nSPS) is 10.7. The molecule has 0 saturated heterocycles. The van der Waals surface area contributed by atoms with Gasteiger partial charge in [0.1, 0.15) is 5.82 Å². The minimum Gasteiger partial charge on any atom is -0.465 e. The van der Waals surface area contributed by atoms with Crippen molar-refractivity contribution in [2.24, 2.45) is 0 Å². The summed E-state index contributed by atoms with van der Waals surface area (Å²) in [5.74, 6) is 0.713. The number of para-hydroxylation sites is 1. The first-order chi connectivity index (χ1) is 14.0. The fourth-order valence-electron chi connectivity index (χ4n) is 2.91. The van der Waals surface area contributed by atoms with Gasteiger partial charge in [0.05, 0.1) is 28.2 Å². The summed E-state index contributed by atoms with van der Waals surface area (Å²) in [4.78, 5) is 21.2. The summed E-state index contributed by atoms with van der Waals surface area (Å²) in [6, 6.07) is 20.0. The van der Waals surface area contributed by atoms with Crippen molar-refractivity contribution in [2.75, 3.05) is 12.4 Å². The van der Waals surface area contributed by atoms with Crippen LogP contribution in [0, 0.1) is 0 Å². The molecule has 0 saturated carbocycles. The van der Waals surface area contributed by atoms with E-state index in [1.165, 1.54) is 7.11 Å². The van der Waals surface area contributed by atoms with Crippen molar-refractivity contribution < 1.29 is 9.53 Å². The van der Waals surface area contributed by atoms with E-state index in [4.69, 9.17) is 32.9 Å². The van der Waals surface area contributed by atoms with E-state index >= 15 is 0 Å². The number of fused-ring (bicyclic) bond motifs is 1. The van der Waals surface area contributed by atoms with Gasteiger partial charge in [0.15, 0.2) is 5.82 Å². The van der Waals surface area contributed by atoms with E-state index in [2.05, 4.69) is 10.3 Å². The first-order valence-corrected chi connectivity index (χ1v) is 9.48. The van der Waals surface area contributed by atoms with E-state index in [0.29, 0.717) is 32.9 Å². The second-order valence-corrected chi connectivity index (χ2v) is 7.05. The molecule has 3 aromatic carbocycles. The van der Waals surface area contributed by atoms with Gasteiger partial charge in [-0.2, -0.15) is 0 Å². The molecule has 1 aromatic heterocycles. The third-order valence-corrected chi connectivity index (χ3v) is 5.07. The standard InChI is InChI=1S/C22H15Cl2N3O2/c1-29-22(28)14-5-4-6-15(11-14)25-21-16-7-2-3-8-19(16)26-20(27-21)13-9-10-17(23)18(24)12-13/h2-12H,1H3,(H,25,26,27). The Bertz CT molecular complexity index is 1230. The van der Waals surface area contributed by atoms with Gasteiger partial charge in [-0.3, -0.25) is 0 Å². The Morgan fingerprint density at radius 2 is 1.76 bits per heavy atom. The van der Waals surface area contributed by atoms with E-state index < -0.39 is 5.97 Å². The van der Waals surface area contributed by atoms with Gasteiger partial charge in [-0.1, -0.05) is 41.4 Å². The van der Waals surface area contributed by atoms with Crippen LogP contribution in [0.5, 0.6) is 0 Å². The molecule has 0 aliphatic rings. The fourth-order valence-corrected chi connectivity index (χ4v) is 3.21. The van der Waals surface area contributed by atoms with Gasteiger partial charge >= 0.3 is 5.97 Å². The monoisotopic (exact) mass is 423 g/mol. The van der Waals surface area contributed by atoms with Crippen LogP contribution in [-0.4, -0.2) is 23.0 Å². The first-order valence-electron chi connectivity index (χ1n) is 8.73. The average Bonchev–Trinajstić information content (AvgIpc) is 2.75. The van der Waals surface area contributed by atoms with Gasteiger partial charge in [-0.15, -0.1) is 0 Å². The minimum atomic E-state index is -0.405. The number of carbonyl (C=O) groups is 1. The molecule has 0 bridgehead atoms. The predicted molar refractivity (Wildman–Crippen MR) is 116 cm³/mol. The quantitative estimate of drug-likeness (QED) is 0.399. The van der Waals surface area contributed by atoms with Crippen LogP contribution >= 0.6 is 23.2 Å². The van der Waals surface area contributed by atoms with Crippen molar-refractivity contribution in [1.82, 2.24) is 9.97 Å². The number of carbonyl (C=O) groups excluding carboxylic acids is 1. The maximum absolute atomic E-state index is 11.8. The molecule has 144 valence electrons. The molecule has 29 heavy (non-hydrogen) atoms. The van der Waals surface area contributed by atoms with Gasteiger partial charge in [0, 0.05) is 16.6 Å². The Morgan fingerprint density at radius 3 is 2.55 bits per heavy atom. The van der Waals surface area contributed by atoms with Crippen LogP contribution < -0.4 is 5.32 Å². The largest absolute Gasteiger partial charge is 0.465 e. The number of benzene rings is 3. The molecule has 0 radical (unpaired) electrons.